The number of amides is 1. The van der Waals surface area contributed by atoms with Crippen molar-refractivity contribution in [1.82, 2.24) is 10.2 Å². The van der Waals surface area contributed by atoms with Crippen molar-refractivity contribution >= 4 is 15.7 Å². The van der Waals surface area contributed by atoms with Gasteiger partial charge in [0.15, 0.2) is 9.84 Å². The molecular formula is C20H30N2O4S. The van der Waals surface area contributed by atoms with Crippen LogP contribution in [0.2, 0.25) is 0 Å². The number of ether oxygens (including phenoxy) is 1. The number of sulfone groups is 1. The van der Waals surface area contributed by atoms with Gasteiger partial charge in [-0.2, -0.15) is 0 Å². The van der Waals surface area contributed by atoms with Crippen LogP contribution in [-0.4, -0.2) is 69.6 Å². The van der Waals surface area contributed by atoms with Crippen LogP contribution < -0.4 is 5.32 Å². The fourth-order valence-electron chi connectivity index (χ4n) is 3.91. The molecule has 1 amide bonds. The minimum atomic E-state index is -2.87. The van der Waals surface area contributed by atoms with E-state index in [1.807, 2.05) is 18.2 Å². The fourth-order valence-corrected chi connectivity index (χ4v) is 5.82. The zero-order chi connectivity index (χ0) is 19.1. The molecule has 1 aromatic carbocycles. The van der Waals surface area contributed by atoms with E-state index in [1.54, 1.807) is 0 Å². The van der Waals surface area contributed by atoms with E-state index in [-0.39, 0.29) is 29.4 Å². The van der Waals surface area contributed by atoms with Crippen molar-refractivity contribution < 1.29 is 17.9 Å². The van der Waals surface area contributed by atoms with Gasteiger partial charge in [-0.3, -0.25) is 9.69 Å². The monoisotopic (exact) mass is 394 g/mol. The highest BCUT2D eigenvalue weighted by molar-refractivity contribution is 7.91. The molecule has 27 heavy (non-hydrogen) atoms. The summed E-state index contributed by atoms with van der Waals surface area (Å²) in [7, 11) is -2.87. The Morgan fingerprint density at radius 1 is 1.22 bits per heavy atom. The zero-order valence-electron chi connectivity index (χ0n) is 15.8. The van der Waals surface area contributed by atoms with Crippen molar-refractivity contribution in [3.05, 3.63) is 35.9 Å². The number of carbonyl (C=O) groups is 1. The number of hydrogen-bond donors (Lipinski definition) is 1. The summed E-state index contributed by atoms with van der Waals surface area (Å²) in [6.07, 6.45) is 2.65. The van der Waals surface area contributed by atoms with Crippen LogP contribution in [0.15, 0.2) is 30.3 Å². The second-order valence-corrected chi connectivity index (χ2v) is 9.83. The lowest BCUT2D eigenvalue weighted by atomic mass is 10.0. The summed E-state index contributed by atoms with van der Waals surface area (Å²) < 4.78 is 28.5. The molecule has 0 radical (unpaired) electrons. The minimum Gasteiger partial charge on any atom is -0.379 e. The van der Waals surface area contributed by atoms with E-state index in [2.05, 4.69) is 22.3 Å². The van der Waals surface area contributed by atoms with Crippen molar-refractivity contribution in [1.29, 1.82) is 0 Å². The fraction of sp³-hybridized carbons (Fsp3) is 0.650. The third-order valence-electron chi connectivity index (χ3n) is 5.52. The molecule has 0 spiro atoms. The molecule has 2 heterocycles. The first kappa shape index (κ1) is 20.3. The molecule has 0 bridgehead atoms. The standard InChI is InChI=1S/C20H30N2O4S/c23-20(7-6-18-8-13-27(24,25)16-18)21-15-19(22-9-11-26-12-10-22)14-17-4-2-1-3-5-17/h1-5,18-19H,6-16H2,(H,21,23). The Bertz CT molecular complexity index is 702. The molecule has 0 aromatic heterocycles. The summed E-state index contributed by atoms with van der Waals surface area (Å²) in [5.74, 6) is 0.672. The third-order valence-corrected chi connectivity index (χ3v) is 7.35. The second kappa shape index (κ2) is 9.66. The average molecular weight is 395 g/mol. The Hall–Kier alpha value is -1.44. The zero-order valence-corrected chi connectivity index (χ0v) is 16.6. The smallest absolute Gasteiger partial charge is 0.220 e. The molecule has 7 heteroatoms. The first-order valence-electron chi connectivity index (χ1n) is 9.85. The summed E-state index contributed by atoms with van der Waals surface area (Å²) >= 11 is 0. The molecule has 2 atom stereocenters. The highest BCUT2D eigenvalue weighted by atomic mass is 32.2. The number of nitrogens with zero attached hydrogens (tertiary/aromatic N) is 1. The number of hydrogen-bond acceptors (Lipinski definition) is 5. The molecule has 6 nitrogen and oxygen atoms in total. The lowest BCUT2D eigenvalue weighted by Crippen LogP contribution is -2.49. The van der Waals surface area contributed by atoms with Gasteiger partial charge >= 0.3 is 0 Å². The Morgan fingerprint density at radius 2 is 1.96 bits per heavy atom. The van der Waals surface area contributed by atoms with Crippen molar-refractivity contribution in [3.8, 4) is 0 Å². The number of nitrogens with one attached hydrogen (secondary N) is 1. The predicted molar refractivity (Wildman–Crippen MR) is 105 cm³/mol. The minimum absolute atomic E-state index is 0.0191. The maximum absolute atomic E-state index is 12.3. The van der Waals surface area contributed by atoms with Gasteiger partial charge in [0.1, 0.15) is 0 Å². The van der Waals surface area contributed by atoms with Gasteiger partial charge in [0.2, 0.25) is 5.91 Å². The van der Waals surface area contributed by atoms with Crippen molar-refractivity contribution in [2.45, 2.75) is 31.7 Å². The highest BCUT2D eigenvalue weighted by Gasteiger charge is 2.28. The van der Waals surface area contributed by atoms with Crippen LogP contribution in [0, 0.1) is 5.92 Å². The van der Waals surface area contributed by atoms with E-state index < -0.39 is 9.84 Å². The van der Waals surface area contributed by atoms with Crippen molar-refractivity contribution in [2.75, 3.05) is 44.4 Å². The second-order valence-electron chi connectivity index (χ2n) is 7.60. The Kier molecular flexibility index (Phi) is 7.26. The predicted octanol–water partition coefficient (Wildman–Crippen LogP) is 1.26. The van der Waals surface area contributed by atoms with Gasteiger partial charge in [0.05, 0.1) is 24.7 Å². The summed E-state index contributed by atoms with van der Waals surface area (Å²) in [4.78, 5) is 14.7. The van der Waals surface area contributed by atoms with Crippen LogP contribution in [0.25, 0.3) is 0 Å². The molecule has 1 aromatic rings. The molecule has 150 valence electrons. The number of benzene rings is 1. The van der Waals surface area contributed by atoms with Gasteiger partial charge in [-0.05, 0) is 30.7 Å². The van der Waals surface area contributed by atoms with Gasteiger partial charge in [-0.25, -0.2) is 8.42 Å². The Balaban J connectivity index is 1.48. The molecule has 2 aliphatic rings. The maximum atomic E-state index is 12.3. The summed E-state index contributed by atoms with van der Waals surface area (Å²) in [6, 6.07) is 10.6. The van der Waals surface area contributed by atoms with Crippen LogP contribution in [0.1, 0.15) is 24.8 Å². The molecule has 3 rings (SSSR count). The number of carbonyl (C=O) groups excluding carboxylic acids is 1. The quantitative estimate of drug-likeness (QED) is 0.718. The van der Waals surface area contributed by atoms with E-state index in [9.17, 15) is 13.2 Å². The lowest BCUT2D eigenvalue weighted by molar-refractivity contribution is -0.121. The van der Waals surface area contributed by atoms with Crippen LogP contribution in [0.3, 0.4) is 0 Å². The summed E-state index contributed by atoms with van der Waals surface area (Å²) in [6.45, 7) is 3.84. The Labute approximate surface area is 162 Å². The van der Waals surface area contributed by atoms with Crippen LogP contribution >= 0.6 is 0 Å². The van der Waals surface area contributed by atoms with Crippen molar-refractivity contribution in [2.24, 2.45) is 5.92 Å². The van der Waals surface area contributed by atoms with Gasteiger partial charge in [-0.15, -0.1) is 0 Å². The van der Waals surface area contributed by atoms with Gasteiger partial charge < -0.3 is 10.1 Å². The van der Waals surface area contributed by atoms with E-state index in [0.717, 1.165) is 32.7 Å². The Morgan fingerprint density at radius 3 is 2.63 bits per heavy atom. The summed E-state index contributed by atoms with van der Waals surface area (Å²) in [5, 5.41) is 3.07. The van der Waals surface area contributed by atoms with Crippen LogP contribution in [0.5, 0.6) is 0 Å². The normalized spacial score (nSPS) is 23.8. The maximum Gasteiger partial charge on any atom is 0.220 e. The molecule has 2 aliphatic heterocycles. The van der Waals surface area contributed by atoms with E-state index in [1.165, 1.54) is 5.56 Å². The van der Waals surface area contributed by atoms with E-state index in [0.29, 0.717) is 25.8 Å². The molecule has 0 saturated carbocycles. The lowest BCUT2D eigenvalue weighted by Gasteiger charge is -2.34. The number of morpholine rings is 1. The van der Waals surface area contributed by atoms with Gasteiger partial charge in [0.25, 0.3) is 0 Å². The number of rotatable bonds is 8. The molecule has 0 aliphatic carbocycles. The SMILES string of the molecule is O=C(CCC1CCS(=O)(=O)C1)NCC(Cc1ccccc1)N1CCOCC1. The molecule has 2 unspecified atom stereocenters. The average Bonchev–Trinajstić information content (AvgIpc) is 3.04. The highest BCUT2D eigenvalue weighted by Crippen LogP contribution is 2.22. The third kappa shape index (κ3) is 6.59. The largest absolute Gasteiger partial charge is 0.379 e. The molecule has 1 N–H and O–H groups in total. The molecule has 2 saturated heterocycles. The first-order chi connectivity index (χ1) is 13.0. The summed E-state index contributed by atoms with van der Waals surface area (Å²) in [5.41, 5.74) is 1.26. The van der Waals surface area contributed by atoms with E-state index in [4.69, 9.17) is 4.74 Å². The topological polar surface area (TPSA) is 75.7 Å². The van der Waals surface area contributed by atoms with Crippen molar-refractivity contribution in [3.63, 3.8) is 0 Å². The van der Waals surface area contributed by atoms with E-state index >= 15 is 0 Å². The molecule has 2 fully saturated rings. The van der Waals surface area contributed by atoms with Crippen LogP contribution in [0.4, 0.5) is 0 Å². The van der Waals surface area contributed by atoms with Gasteiger partial charge in [-0.1, -0.05) is 30.3 Å². The first-order valence-corrected chi connectivity index (χ1v) is 11.7. The molecular weight excluding hydrogens is 364 g/mol. The van der Waals surface area contributed by atoms with Gasteiger partial charge in [0, 0.05) is 32.1 Å². The van der Waals surface area contributed by atoms with Crippen LogP contribution in [-0.2, 0) is 25.8 Å².